The third-order valence-electron chi connectivity index (χ3n) is 3.72. The molecule has 1 aromatic carbocycles. The van der Waals surface area contributed by atoms with E-state index in [0.717, 1.165) is 25.9 Å². The number of hydrogen-bond acceptors (Lipinski definition) is 3. The van der Waals surface area contributed by atoms with E-state index in [0.29, 0.717) is 0 Å². The van der Waals surface area contributed by atoms with Crippen LogP contribution in [0.1, 0.15) is 25.3 Å². The van der Waals surface area contributed by atoms with Crippen LogP contribution in [0.5, 0.6) is 0 Å². The molecule has 1 fully saturated rings. The van der Waals surface area contributed by atoms with Gasteiger partial charge in [0.05, 0.1) is 5.25 Å². The van der Waals surface area contributed by atoms with E-state index in [1.165, 1.54) is 11.3 Å². The van der Waals surface area contributed by atoms with E-state index in [1.807, 2.05) is 0 Å². The summed E-state index contributed by atoms with van der Waals surface area (Å²) in [6.45, 7) is 5.50. The Bertz CT molecular complexity index is 502. The Kier molecular flexibility index (Phi) is 3.95. The van der Waals surface area contributed by atoms with Crippen molar-refractivity contribution in [3.63, 3.8) is 0 Å². The zero-order valence-corrected chi connectivity index (χ0v) is 11.9. The molecule has 0 aromatic heterocycles. The largest absolute Gasteiger partial charge is 0.371 e. The second kappa shape index (κ2) is 5.31. The summed E-state index contributed by atoms with van der Waals surface area (Å²) in [6, 6.07) is 8.40. The molecule has 1 heterocycles. The normalized spacial score (nSPS) is 18.0. The molecule has 1 saturated heterocycles. The van der Waals surface area contributed by atoms with Gasteiger partial charge in [-0.2, -0.15) is 0 Å². The summed E-state index contributed by atoms with van der Waals surface area (Å²) in [7, 11) is -2.86. The lowest BCUT2D eigenvalue weighted by Crippen LogP contribution is -2.39. The highest BCUT2D eigenvalue weighted by molar-refractivity contribution is 7.92. The predicted octanol–water partition coefficient (Wildman–Crippen LogP) is 2.40. The summed E-state index contributed by atoms with van der Waals surface area (Å²) in [4.78, 5) is 2.29. The number of sulfone groups is 1. The predicted molar refractivity (Wildman–Crippen MR) is 75.9 cm³/mol. The molecular weight excluding hydrogens is 246 g/mol. The van der Waals surface area contributed by atoms with E-state index in [1.54, 1.807) is 6.92 Å². The third kappa shape index (κ3) is 2.86. The fraction of sp³-hybridized carbons (Fsp3) is 0.571. The average molecular weight is 267 g/mol. The molecule has 100 valence electrons. The van der Waals surface area contributed by atoms with Gasteiger partial charge in [-0.15, -0.1) is 0 Å². The SMILES string of the molecule is CCS(=O)(=O)C1CCN(c2cccc(C)c2)CC1. The number of hydrogen-bond donors (Lipinski definition) is 0. The van der Waals surface area contributed by atoms with Crippen molar-refractivity contribution >= 4 is 15.5 Å². The second-order valence-electron chi connectivity index (χ2n) is 4.98. The number of aryl methyl sites for hydroxylation is 1. The van der Waals surface area contributed by atoms with Gasteiger partial charge in [-0.1, -0.05) is 19.1 Å². The maximum absolute atomic E-state index is 11.8. The number of rotatable bonds is 3. The first-order chi connectivity index (χ1) is 8.53. The molecule has 1 aliphatic rings. The zero-order valence-electron chi connectivity index (χ0n) is 11.1. The monoisotopic (exact) mass is 267 g/mol. The van der Waals surface area contributed by atoms with E-state index in [4.69, 9.17) is 0 Å². The average Bonchev–Trinajstić information content (AvgIpc) is 2.39. The van der Waals surface area contributed by atoms with Crippen LogP contribution >= 0.6 is 0 Å². The smallest absolute Gasteiger partial charge is 0.153 e. The van der Waals surface area contributed by atoms with Crippen molar-refractivity contribution in [3.05, 3.63) is 29.8 Å². The van der Waals surface area contributed by atoms with E-state index < -0.39 is 9.84 Å². The molecule has 0 spiro atoms. The van der Waals surface area contributed by atoms with Gasteiger partial charge in [0, 0.05) is 24.5 Å². The van der Waals surface area contributed by atoms with Crippen molar-refractivity contribution in [3.8, 4) is 0 Å². The van der Waals surface area contributed by atoms with Crippen molar-refractivity contribution in [2.45, 2.75) is 31.9 Å². The zero-order chi connectivity index (χ0) is 13.2. The third-order valence-corrected chi connectivity index (χ3v) is 6.01. The van der Waals surface area contributed by atoms with Crippen LogP contribution < -0.4 is 4.90 Å². The van der Waals surface area contributed by atoms with Crippen molar-refractivity contribution in [1.82, 2.24) is 0 Å². The highest BCUT2D eigenvalue weighted by Gasteiger charge is 2.28. The summed E-state index contributed by atoms with van der Waals surface area (Å²) < 4.78 is 23.7. The maximum Gasteiger partial charge on any atom is 0.153 e. The molecule has 2 rings (SSSR count). The lowest BCUT2D eigenvalue weighted by atomic mass is 10.1. The quantitative estimate of drug-likeness (QED) is 0.844. The van der Waals surface area contributed by atoms with Crippen LogP contribution in [0, 0.1) is 6.92 Å². The summed E-state index contributed by atoms with van der Waals surface area (Å²) in [5, 5.41) is -0.136. The van der Waals surface area contributed by atoms with E-state index in [9.17, 15) is 8.42 Å². The van der Waals surface area contributed by atoms with E-state index in [-0.39, 0.29) is 11.0 Å². The first-order valence-electron chi connectivity index (χ1n) is 6.56. The van der Waals surface area contributed by atoms with Crippen molar-refractivity contribution in [2.75, 3.05) is 23.7 Å². The van der Waals surface area contributed by atoms with E-state index in [2.05, 4.69) is 36.1 Å². The Morgan fingerprint density at radius 1 is 1.28 bits per heavy atom. The maximum atomic E-state index is 11.8. The molecule has 0 amide bonds. The first-order valence-corrected chi connectivity index (χ1v) is 8.27. The fourth-order valence-electron chi connectivity index (χ4n) is 2.53. The number of nitrogens with zero attached hydrogens (tertiary/aromatic N) is 1. The molecule has 1 aliphatic heterocycles. The lowest BCUT2D eigenvalue weighted by molar-refractivity contribution is 0.531. The molecular formula is C14H21NO2S. The molecule has 3 nitrogen and oxygen atoms in total. The minimum absolute atomic E-state index is 0.136. The molecule has 18 heavy (non-hydrogen) atoms. The van der Waals surface area contributed by atoms with Gasteiger partial charge in [0.1, 0.15) is 0 Å². The first kappa shape index (κ1) is 13.4. The minimum Gasteiger partial charge on any atom is -0.371 e. The standard InChI is InChI=1S/C14H21NO2S/c1-3-18(16,17)14-7-9-15(10-8-14)13-6-4-5-12(2)11-13/h4-6,11,14H,3,7-10H2,1-2H3. The Morgan fingerprint density at radius 3 is 2.50 bits per heavy atom. The number of benzene rings is 1. The molecule has 0 saturated carbocycles. The summed E-state index contributed by atoms with van der Waals surface area (Å²) in [5.74, 6) is 0.266. The molecule has 0 bridgehead atoms. The van der Waals surface area contributed by atoms with Crippen LogP contribution in [0.25, 0.3) is 0 Å². The van der Waals surface area contributed by atoms with Gasteiger partial charge >= 0.3 is 0 Å². The summed E-state index contributed by atoms with van der Waals surface area (Å²) >= 11 is 0. The van der Waals surface area contributed by atoms with Gasteiger partial charge in [-0.25, -0.2) is 8.42 Å². The van der Waals surface area contributed by atoms with Crippen LogP contribution in [0.3, 0.4) is 0 Å². The number of anilines is 1. The molecule has 4 heteroatoms. The van der Waals surface area contributed by atoms with Crippen LogP contribution in [0.2, 0.25) is 0 Å². The van der Waals surface area contributed by atoms with Crippen LogP contribution in [-0.2, 0) is 9.84 Å². The van der Waals surface area contributed by atoms with Crippen LogP contribution in [-0.4, -0.2) is 32.5 Å². The molecule has 1 aromatic rings. The van der Waals surface area contributed by atoms with Crippen molar-refractivity contribution < 1.29 is 8.42 Å². The topological polar surface area (TPSA) is 37.4 Å². The second-order valence-corrected chi connectivity index (χ2v) is 7.55. The van der Waals surface area contributed by atoms with Gasteiger partial charge in [-0.3, -0.25) is 0 Å². The molecule has 0 unspecified atom stereocenters. The Morgan fingerprint density at radius 2 is 1.94 bits per heavy atom. The number of piperidine rings is 1. The Hall–Kier alpha value is -1.03. The molecule has 0 atom stereocenters. The minimum atomic E-state index is -2.86. The lowest BCUT2D eigenvalue weighted by Gasteiger charge is -2.33. The van der Waals surface area contributed by atoms with Crippen LogP contribution in [0.4, 0.5) is 5.69 Å². The highest BCUT2D eigenvalue weighted by Crippen LogP contribution is 2.24. The van der Waals surface area contributed by atoms with Gasteiger partial charge in [0.25, 0.3) is 0 Å². The van der Waals surface area contributed by atoms with Crippen molar-refractivity contribution in [2.24, 2.45) is 0 Å². The van der Waals surface area contributed by atoms with Gasteiger partial charge in [0.2, 0.25) is 0 Å². The summed E-state index contributed by atoms with van der Waals surface area (Å²) in [5.41, 5.74) is 2.46. The Labute approximate surface area is 110 Å². The van der Waals surface area contributed by atoms with Crippen molar-refractivity contribution in [1.29, 1.82) is 0 Å². The van der Waals surface area contributed by atoms with E-state index >= 15 is 0 Å². The van der Waals surface area contributed by atoms with Crippen LogP contribution in [0.15, 0.2) is 24.3 Å². The van der Waals surface area contributed by atoms with Gasteiger partial charge in [-0.05, 0) is 37.5 Å². The van der Waals surface area contributed by atoms with Gasteiger partial charge < -0.3 is 4.90 Å². The molecule has 0 N–H and O–H groups in total. The Balaban J connectivity index is 2.03. The van der Waals surface area contributed by atoms with Gasteiger partial charge in [0.15, 0.2) is 9.84 Å². The molecule has 0 aliphatic carbocycles. The summed E-state index contributed by atoms with van der Waals surface area (Å²) in [6.07, 6.45) is 1.51. The fourth-order valence-corrected chi connectivity index (χ4v) is 3.93. The highest BCUT2D eigenvalue weighted by atomic mass is 32.2. The molecule has 0 radical (unpaired) electrons.